The minimum atomic E-state index is -0.482. The van der Waals surface area contributed by atoms with Gasteiger partial charge in [0.05, 0.1) is 5.38 Å². The van der Waals surface area contributed by atoms with Crippen LogP contribution in [0.3, 0.4) is 0 Å². The Bertz CT molecular complexity index is 463. The van der Waals surface area contributed by atoms with E-state index in [4.69, 9.17) is 16.3 Å². The van der Waals surface area contributed by atoms with E-state index < -0.39 is 5.60 Å². The van der Waals surface area contributed by atoms with Gasteiger partial charge in [-0.15, -0.1) is 11.6 Å². The molecule has 3 heteroatoms. The molecule has 0 radical (unpaired) electrons. The third kappa shape index (κ3) is 2.94. The Morgan fingerprint density at radius 1 is 1.28 bits per heavy atom. The molecule has 18 heavy (non-hydrogen) atoms. The highest BCUT2D eigenvalue weighted by atomic mass is 35.5. The SMILES string of the molecule is CC1(C)O/C(c2ccccc2)=C\C(=O)CC[C@H]1Cl. The smallest absolute Gasteiger partial charge is 0.159 e. The zero-order valence-corrected chi connectivity index (χ0v) is 11.4. The van der Waals surface area contributed by atoms with Crippen molar-refractivity contribution in [3.05, 3.63) is 42.0 Å². The number of carbonyl (C=O) groups is 1. The Morgan fingerprint density at radius 2 is 1.94 bits per heavy atom. The lowest BCUT2D eigenvalue weighted by Crippen LogP contribution is -2.36. The van der Waals surface area contributed by atoms with Gasteiger partial charge in [0.2, 0.25) is 0 Å². The van der Waals surface area contributed by atoms with Gasteiger partial charge in [-0.3, -0.25) is 4.79 Å². The van der Waals surface area contributed by atoms with Gasteiger partial charge in [0.25, 0.3) is 0 Å². The molecule has 96 valence electrons. The van der Waals surface area contributed by atoms with E-state index in [0.717, 1.165) is 5.56 Å². The molecule has 0 aliphatic carbocycles. The van der Waals surface area contributed by atoms with E-state index in [0.29, 0.717) is 18.6 Å². The van der Waals surface area contributed by atoms with Crippen LogP contribution < -0.4 is 0 Å². The van der Waals surface area contributed by atoms with Crippen LogP contribution in [0.2, 0.25) is 0 Å². The van der Waals surface area contributed by atoms with Crippen molar-refractivity contribution in [3.8, 4) is 0 Å². The molecule has 1 aromatic carbocycles. The summed E-state index contributed by atoms with van der Waals surface area (Å²) in [5.41, 5.74) is 0.425. The highest BCUT2D eigenvalue weighted by Gasteiger charge is 2.32. The average molecular weight is 265 g/mol. The minimum Gasteiger partial charge on any atom is -0.486 e. The number of allylic oxidation sites excluding steroid dienone is 1. The van der Waals surface area contributed by atoms with Crippen molar-refractivity contribution in [2.75, 3.05) is 0 Å². The number of hydrogen-bond donors (Lipinski definition) is 0. The summed E-state index contributed by atoms with van der Waals surface area (Å²) in [6.07, 6.45) is 2.70. The fraction of sp³-hybridized carbons (Fsp3) is 0.400. The molecule has 0 saturated carbocycles. The Morgan fingerprint density at radius 3 is 2.61 bits per heavy atom. The van der Waals surface area contributed by atoms with Crippen molar-refractivity contribution < 1.29 is 9.53 Å². The molecule has 1 atom stereocenters. The van der Waals surface area contributed by atoms with Crippen molar-refractivity contribution in [1.29, 1.82) is 0 Å². The minimum absolute atomic E-state index is 0.0648. The van der Waals surface area contributed by atoms with Crippen LogP contribution in [0.5, 0.6) is 0 Å². The molecule has 1 aliphatic heterocycles. The molecule has 0 fully saturated rings. The fourth-order valence-corrected chi connectivity index (χ4v) is 2.11. The summed E-state index contributed by atoms with van der Waals surface area (Å²) in [5.74, 6) is 0.672. The molecule has 0 N–H and O–H groups in total. The van der Waals surface area contributed by atoms with Crippen molar-refractivity contribution >= 4 is 23.1 Å². The number of carbonyl (C=O) groups excluding carboxylic acids is 1. The molecule has 0 unspecified atom stereocenters. The normalized spacial score (nSPS) is 26.5. The second kappa shape index (κ2) is 5.15. The summed E-state index contributed by atoms with van der Waals surface area (Å²) in [7, 11) is 0. The number of ketones is 1. The maximum atomic E-state index is 11.8. The Kier molecular flexibility index (Phi) is 3.76. The van der Waals surface area contributed by atoms with Crippen molar-refractivity contribution in [2.24, 2.45) is 0 Å². The van der Waals surface area contributed by atoms with E-state index in [1.807, 2.05) is 44.2 Å². The molecule has 0 saturated heterocycles. The summed E-state index contributed by atoms with van der Waals surface area (Å²) in [4.78, 5) is 11.8. The van der Waals surface area contributed by atoms with Crippen LogP contribution in [-0.2, 0) is 9.53 Å². The summed E-state index contributed by atoms with van der Waals surface area (Å²) >= 11 is 6.30. The number of ether oxygens (including phenoxy) is 1. The largest absolute Gasteiger partial charge is 0.486 e. The molecule has 1 aromatic rings. The first kappa shape index (κ1) is 13.2. The zero-order chi connectivity index (χ0) is 13.2. The van der Waals surface area contributed by atoms with E-state index >= 15 is 0 Å². The van der Waals surface area contributed by atoms with E-state index in [2.05, 4.69) is 0 Å². The first-order chi connectivity index (χ1) is 8.49. The Balaban J connectivity index is 2.37. The van der Waals surface area contributed by atoms with Gasteiger partial charge >= 0.3 is 0 Å². The topological polar surface area (TPSA) is 26.3 Å². The highest BCUT2D eigenvalue weighted by molar-refractivity contribution is 6.21. The van der Waals surface area contributed by atoms with Crippen LogP contribution in [0.1, 0.15) is 32.3 Å². The van der Waals surface area contributed by atoms with Gasteiger partial charge in [0.1, 0.15) is 11.4 Å². The first-order valence-corrected chi connectivity index (χ1v) is 6.56. The Labute approximate surface area is 113 Å². The molecular weight excluding hydrogens is 248 g/mol. The molecule has 2 nitrogen and oxygen atoms in total. The summed E-state index contributed by atoms with van der Waals surface area (Å²) in [6, 6.07) is 9.65. The van der Waals surface area contributed by atoms with Crippen LogP contribution in [0.25, 0.3) is 5.76 Å². The van der Waals surface area contributed by atoms with Crippen LogP contribution in [0.4, 0.5) is 0 Å². The molecule has 0 aromatic heterocycles. The molecule has 0 spiro atoms. The van der Waals surface area contributed by atoms with Crippen molar-refractivity contribution in [2.45, 2.75) is 37.7 Å². The van der Waals surface area contributed by atoms with Crippen LogP contribution >= 0.6 is 11.6 Å². The van der Waals surface area contributed by atoms with E-state index in [-0.39, 0.29) is 11.2 Å². The van der Waals surface area contributed by atoms with E-state index in [9.17, 15) is 4.79 Å². The van der Waals surface area contributed by atoms with Crippen LogP contribution in [-0.4, -0.2) is 16.8 Å². The van der Waals surface area contributed by atoms with E-state index in [1.54, 1.807) is 6.08 Å². The zero-order valence-electron chi connectivity index (χ0n) is 10.7. The number of alkyl halides is 1. The van der Waals surface area contributed by atoms with Gasteiger partial charge in [-0.1, -0.05) is 30.3 Å². The number of rotatable bonds is 1. The van der Waals surface area contributed by atoms with Gasteiger partial charge < -0.3 is 4.74 Å². The quantitative estimate of drug-likeness (QED) is 0.722. The monoisotopic (exact) mass is 264 g/mol. The maximum Gasteiger partial charge on any atom is 0.159 e. The maximum absolute atomic E-state index is 11.8. The summed E-state index contributed by atoms with van der Waals surface area (Å²) in [5, 5.41) is -0.172. The molecule has 0 bridgehead atoms. The summed E-state index contributed by atoms with van der Waals surface area (Å²) < 4.78 is 5.96. The molecule has 2 rings (SSSR count). The molecular formula is C15H17ClO2. The second-order valence-corrected chi connectivity index (χ2v) is 5.58. The molecule has 0 amide bonds. The lowest BCUT2D eigenvalue weighted by molar-refractivity contribution is -0.115. The van der Waals surface area contributed by atoms with Crippen LogP contribution in [0, 0.1) is 0 Å². The average Bonchev–Trinajstić information content (AvgIpc) is 2.35. The third-order valence-electron chi connectivity index (χ3n) is 3.12. The summed E-state index contributed by atoms with van der Waals surface area (Å²) in [6.45, 7) is 3.91. The predicted molar refractivity (Wildman–Crippen MR) is 73.5 cm³/mol. The van der Waals surface area contributed by atoms with Gasteiger partial charge in [0, 0.05) is 18.1 Å². The molecule has 1 heterocycles. The lowest BCUT2D eigenvalue weighted by atomic mass is 9.96. The highest BCUT2D eigenvalue weighted by Crippen LogP contribution is 2.32. The Hall–Kier alpha value is -1.28. The predicted octanol–water partition coefficient (Wildman–Crippen LogP) is 3.79. The fourth-order valence-electron chi connectivity index (χ4n) is 1.96. The second-order valence-electron chi connectivity index (χ2n) is 5.05. The van der Waals surface area contributed by atoms with E-state index in [1.165, 1.54) is 0 Å². The number of halogens is 1. The van der Waals surface area contributed by atoms with Crippen LogP contribution in [0.15, 0.2) is 36.4 Å². The van der Waals surface area contributed by atoms with Gasteiger partial charge in [-0.05, 0) is 20.3 Å². The standard InChI is InChI=1S/C15H17ClO2/c1-15(2)14(16)9-8-12(17)10-13(18-15)11-6-4-3-5-7-11/h3-7,10,14H,8-9H2,1-2H3/b13-10-/t14-/m1/s1. The van der Waals surface area contributed by atoms with Gasteiger partial charge in [0.15, 0.2) is 5.78 Å². The van der Waals surface area contributed by atoms with Crippen molar-refractivity contribution in [1.82, 2.24) is 0 Å². The van der Waals surface area contributed by atoms with Gasteiger partial charge in [-0.2, -0.15) is 0 Å². The van der Waals surface area contributed by atoms with Crippen molar-refractivity contribution in [3.63, 3.8) is 0 Å². The lowest BCUT2D eigenvalue weighted by Gasteiger charge is -2.33. The molecule has 1 aliphatic rings. The number of hydrogen-bond acceptors (Lipinski definition) is 2. The van der Waals surface area contributed by atoms with Gasteiger partial charge in [-0.25, -0.2) is 0 Å². The number of benzene rings is 1. The first-order valence-electron chi connectivity index (χ1n) is 6.12. The third-order valence-corrected chi connectivity index (χ3v) is 3.87.